The lowest BCUT2D eigenvalue weighted by atomic mass is 9.71. The fraction of sp³-hybridized carbons (Fsp3) is 0.156. The fourth-order valence-corrected chi connectivity index (χ4v) is 5.83. The molecule has 0 spiro atoms. The number of hydrogen-bond donors (Lipinski definition) is 0. The van der Waals surface area contributed by atoms with Crippen LogP contribution in [-0.2, 0) is 18.6 Å². The molecule has 0 saturated heterocycles. The summed E-state index contributed by atoms with van der Waals surface area (Å²) in [6.45, 7) is 5.61. The lowest BCUT2D eigenvalue weighted by Crippen LogP contribution is -2.32. The Labute approximate surface area is 219 Å². The van der Waals surface area contributed by atoms with E-state index in [0.717, 1.165) is 43.3 Å². The molecule has 0 radical (unpaired) electrons. The van der Waals surface area contributed by atoms with E-state index in [2.05, 4.69) is 76.8 Å². The third-order valence-corrected chi connectivity index (χ3v) is 7.68. The first-order valence-electron chi connectivity index (χ1n) is 12.2. The van der Waals surface area contributed by atoms with Crippen molar-refractivity contribution in [3.8, 4) is 5.75 Å². The minimum atomic E-state index is -0.364. The molecule has 1 aliphatic carbocycles. The van der Waals surface area contributed by atoms with Crippen LogP contribution in [0.2, 0.25) is 0 Å². The largest absolute Gasteiger partial charge is 0.489 e. The van der Waals surface area contributed by atoms with Crippen LogP contribution in [0, 0.1) is 0 Å². The summed E-state index contributed by atoms with van der Waals surface area (Å²) in [4.78, 5) is 14.1. The summed E-state index contributed by atoms with van der Waals surface area (Å²) >= 11 is 3.65. The van der Waals surface area contributed by atoms with Crippen LogP contribution in [0.1, 0.15) is 52.2 Å². The molecule has 5 aromatic rings. The maximum Gasteiger partial charge on any atom is 0.195 e. The van der Waals surface area contributed by atoms with E-state index in [1.807, 2.05) is 54.6 Å². The van der Waals surface area contributed by atoms with Crippen LogP contribution in [0.4, 0.5) is 0 Å². The zero-order chi connectivity index (χ0) is 24.9. The lowest BCUT2D eigenvalue weighted by molar-refractivity contribution is 0.103. The molecule has 0 aliphatic heterocycles. The molecule has 3 nitrogen and oxygen atoms in total. The molecular formula is C32H26BrNO2. The van der Waals surface area contributed by atoms with Crippen LogP contribution < -0.4 is 4.74 Å². The Kier molecular flexibility index (Phi) is 5.57. The van der Waals surface area contributed by atoms with Gasteiger partial charge in [0.2, 0.25) is 0 Å². The van der Waals surface area contributed by atoms with Gasteiger partial charge < -0.3 is 9.30 Å². The van der Waals surface area contributed by atoms with E-state index in [1.165, 1.54) is 5.56 Å². The number of hydrogen-bond acceptors (Lipinski definition) is 2. The second kappa shape index (κ2) is 8.79. The van der Waals surface area contributed by atoms with E-state index in [1.54, 1.807) is 0 Å². The van der Waals surface area contributed by atoms with E-state index >= 15 is 0 Å². The minimum absolute atomic E-state index is 0.0589. The first kappa shape index (κ1) is 22.8. The molecular weight excluding hydrogens is 510 g/mol. The average Bonchev–Trinajstić information content (AvgIpc) is 3.21. The maximum atomic E-state index is 14.1. The van der Waals surface area contributed by atoms with Gasteiger partial charge >= 0.3 is 0 Å². The molecule has 4 heteroatoms. The van der Waals surface area contributed by atoms with Crippen molar-refractivity contribution in [2.75, 3.05) is 0 Å². The van der Waals surface area contributed by atoms with Crippen molar-refractivity contribution in [1.29, 1.82) is 0 Å². The molecule has 6 rings (SSSR count). The summed E-state index contributed by atoms with van der Waals surface area (Å²) in [5.74, 6) is 0.768. The van der Waals surface area contributed by atoms with Crippen molar-refractivity contribution in [3.05, 3.63) is 135 Å². The Balaban J connectivity index is 1.48. The minimum Gasteiger partial charge on any atom is -0.489 e. The second-order valence-electron chi connectivity index (χ2n) is 9.89. The summed E-state index contributed by atoms with van der Waals surface area (Å²) in [5, 5.41) is 0.989. The maximum absolute atomic E-state index is 14.1. The Morgan fingerprint density at radius 3 is 2.25 bits per heavy atom. The summed E-state index contributed by atoms with van der Waals surface area (Å²) < 4.78 is 9.41. The van der Waals surface area contributed by atoms with E-state index < -0.39 is 0 Å². The zero-order valence-electron chi connectivity index (χ0n) is 20.3. The van der Waals surface area contributed by atoms with Crippen molar-refractivity contribution < 1.29 is 9.53 Å². The molecule has 0 bridgehead atoms. The quantitative estimate of drug-likeness (QED) is 0.229. The van der Waals surface area contributed by atoms with Crippen LogP contribution in [0.5, 0.6) is 5.75 Å². The van der Waals surface area contributed by atoms with Crippen molar-refractivity contribution in [1.82, 2.24) is 4.57 Å². The Morgan fingerprint density at radius 1 is 0.833 bits per heavy atom. The monoisotopic (exact) mass is 535 g/mol. The first-order valence-corrected chi connectivity index (χ1v) is 12.9. The van der Waals surface area contributed by atoms with Gasteiger partial charge in [0.05, 0.1) is 11.1 Å². The smallest absolute Gasteiger partial charge is 0.195 e. The predicted molar refractivity (Wildman–Crippen MR) is 148 cm³/mol. The van der Waals surface area contributed by atoms with E-state index in [-0.39, 0.29) is 11.2 Å². The molecule has 36 heavy (non-hydrogen) atoms. The predicted octanol–water partition coefficient (Wildman–Crippen LogP) is 7.90. The second-order valence-corrected chi connectivity index (χ2v) is 10.8. The van der Waals surface area contributed by atoms with E-state index in [0.29, 0.717) is 18.9 Å². The van der Waals surface area contributed by atoms with Gasteiger partial charge in [-0.2, -0.15) is 0 Å². The molecule has 0 unspecified atom stereocenters. The summed E-state index contributed by atoms with van der Waals surface area (Å²) in [6.07, 6.45) is 0. The SMILES string of the molecule is CC1(C)c2ccc(OCc3ccccc3)cc2C(=O)c2c1n(Cc1ccccc1)c1cc(Br)ccc21. The topological polar surface area (TPSA) is 31.2 Å². The summed E-state index contributed by atoms with van der Waals surface area (Å²) in [7, 11) is 0. The molecule has 0 amide bonds. The molecule has 0 fully saturated rings. The molecule has 1 aromatic heterocycles. The van der Waals surface area contributed by atoms with Gasteiger partial charge in [-0.25, -0.2) is 0 Å². The first-order chi connectivity index (χ1) is 17.4. The third-order valence-electron chi connectivity index (χ3n) is 7.19. The molecule has 178 valence electrons. The van der Waals surface area contributed by atoms with Gasteiger partial charge in [0.15, 0.2) is 5.78 Å². The van der Waals surface area contributed by atoms with Crippen molar-refractivity contribution in [2.45, 2.75) is 32.4 Å². The number of rotatable bonds is 5. The number of fused-ring (bicyclic) bond motifs is 4. The van der Waals surface area contributed by atoms with Crippen LogP contribution >= 0.6 is 15.9 Å². The Morgan fingerprint density at radius 2 is 1.53 bits per heavy atom. The molecule has 0 atom stereocenters. The van der Waals surface area contributed by atoms with Gasteiger partial charge in [0.25, 0.3) is 0 Å². The molecule has 1 heterocycles. The van der Waals surface area contributed by atoms with Gasteiger partial charge in [-0.05, 0) is 41.0 Å². The highest BCUT2D eigenvalue weighted by molar-refractivity contribution is 9.10. The van der Waals surface area contributed by atoms with Crippen LogP contribution in [0.25, 0.3) is 10.9 Å². The zero-order valence-corrected chi connectivity index (χ0v) is 21.9. The molecule has 0 saturated carbocycles. The molecule has 0 N–H and O–H groups in total. The number of nitrogens with zero attached hydrogens (tertiary/aromatic N) is 1. The van der Waals surface area contributed by atoms with Crippen LogP contribution in [-0.4, -0.2) is 10.4 Å². The molecule has 4 aromatic carbocycles. The third kappa shape index (κ3) is 3.77. The number of carbonyl (C=O) groups excluding carboxylic acids is 1. The van der Waals surface area contributed by atoms with Crippen LogP contribution in [0.15, 0.2) is 102 Å². The Bertz CT molecular complexity index is 1600. The van der Waals surface area contributed by atoms with Crippen molar-refractivity contribution >= 4 is 32.6 Å². The lowest BCUT2D eigenvalue weighted by Gasteiger charge is -2.34. The fourth-order valence-electron chi connectivity index (χ4n) is 5.48. The normalized spacial score (nSPS) is 13.9. The highest BCUT2D eigenvalue weighted by atomic mass is 79.9. The van der Waals surface area contributed by atoms with Gasteiger partial charge in [-0.15, -0.1) is 0 Å². The molecule has 1 aliphatic rings. The van der Waals surface area contributed by atoms with Crippen molar-refractivity contribution in [3.63, 3.8) is 0 Å². The number of ether oxygens (including phenoxy) is 1. The van der Waals surface area contributed by atoms with E-state index in [4.69, 9.17) is 4.74 Å². The van der Waals surface area contributed by atoms with E-state index in [9.17, 15) is 4.79 Å². The number of ketones is 1. The highest BCUT2D eigenvalue weighted by Crippen LogP contribution is 2.46. The standard InChI is InChI=1S/C32H26BrNO2/c1-32(2)27-16-14-24(36-20-22-11-7-4-8-12-22)18-26(27)30(35)29-25-15-13-23(33)17-28(25)34(31(29)32)19-21-9-5-3-6-10-21/h3-18H,19-20H2,1-2H3. The number of carbonyl (C=O) groups is 1. The summed E-state index contributed by atoms with van der Waals surface area (Å²) in [5.41, 5.74) is 6.61. The summed E-state index contributed by atoms with van der Waals surface area (Å²) in [6, 6.07) is 32.7. The number of halogens is 1. The van der Waals surface area contributed by atoms with Gasteiger partial charge in [0, 0.05) is 33.1 Å². The van der Waals surface area contributed by atoms with Crippen molar-refractivity contribution in [2.24, 2.45) is 0 Å². The highest BCUT2D eigenvalue weighted by Gasteiger charge is 2.41. The van der Waals surface area contributed by atoms with Gasteiger partial charge in [-0.1, -0.05) is 103 Å². The van der Waals surface area contributed by atoms with Gasteiger partial charge in [-0.3, -0.25) is 4.79 Å². The average molecular weight is 536 g/mol. The van der Waals surface area contributed by atoms with Gasteiger partial charge in [0.1, 0.15) is 12.4 Å². The van der Waals surface area contributed by atoms with Crippen LogP contribution in [0.3, 0.4) is 0 Å². The number of benzene rings is 4. The number of aromatic nitrogens is 1. The Hall–Kier alpha value is -3.63.